The predicted octanol–water partition coefficient (Wildman–Crippen LogP) is 4.92. The molecule has 1 heterocycles. The van der Waals surface area contributed by atoms with Crippen molar-refractivity contribution in [3.8, 4) is 0 Å². The molecule has 0 saturated heterocycles. The zero-order valence-electron chi connectivity index (χ0n) is 9.78. The van der Waals surface area contributed by atoms with Gasteiger partial charge >= 0.3 is 0 Å². The SMILES string of the molecule is O=C(c1cc(Br)ccc1Br)c1c[nH]c2ccccc12. The number of carbonyl (C=O) groups excluding carboxylic acids is 1. The van der Waals surface area contributed by atoms with Gasteiger partial charge in [0, 0.05) is 37.2 Å². The van der Waals surface area contributed by atoms with Crippen LogP contribution in [0.3, 0.4) is 0 Å². The lowest BCUT2D eigenvalue weighted by atomic mass is 10.0. The Morgan fingerprint density at radius 2 is 1.79 bits per heavy atom. The zero-order chi connectivity index (χ0) is 13.4. The van der Waals surface area contributed by atoms with Crippen molar-refractivity contribution in [3.63, 3.8) is 0 Å². The van der Waals surface area contributed by atoms with Crippen molar-refractivity contribution in [2.24, 2.45) is 0 Å². The number of ketones is 1. The van der Waals surface area contributed by atoms with E-state index in [0.717, 1.165) is 19.8 Å². The maximum atomic E-state index is 12.6. The van der Waals surface area contributed by atoms with Crippen LogP contribution < -0.4 is 0 Å². The largest absolute Gasteiger partial charge is 0.360 e. The summed E-state index contributed by atoms with van der Waals surface area (Å²) >= 11 is 6.83. The molecule has 2 aromatic carbocycles. The molecule has 1 N–H and O–H groups in total. The Bertz CT molecular complexity index is 777. The van der Waals surface area contributed by atoms with Crippen LogP contribution in [0.5, 0.6) is 0 Å². The predicted molar refractivity (Wildman–Crippen MR) is 83.6 cm³/mol. The first-order valence-electron chi connectivity index (χ1n) is 5.72. The molecule has 0 radical (unpaired) electrons. The Labute approximate surface area is 127 Å². The molecule has 0 aliphatic rings. The van der Waals surface area contributed by atoms with Crippen LogP contribution in [0.25, 0.3) is 10.9 Å². The van der Waals surface area contributed by atoms with E-state index in [9.17, 15) is 4.79 Å². The maximum Gasteiger partial charge on any atom is 0.196 e. The molecule has 0 amide bonds. The molecular formula is C15H9Br2NO. The number of aromatic nitrogens is 1. The third-order valence-corrected chi connectivity index (χ3v) is 4.19. The summed E-state index contributed by atoms with van der Waals surface area (Å²) in [5, 5.41) is 0.944. The van der Waals surface area contributed by atoms with Crippen molar-refractivity contribution in [3.05, 3.63) is 68.7 Å². The number of nitrogens with one attached hydrogen (secondary N) is 1. The van der Waals surface area contributed by atoms with Crippen LogP contribution in [-0.2, 0) is 0 Å². The van der Waals surface area contributed by atoms with Crippen LogP contribution in [0.15, 0.2) is 57.6 Å². The molecule has 2 nitrogen and oxygen atoms in total. The molecule has 19 heavy (non-hydrogen) atoms. The van der Waals surface area contributed by atoms with Crippen LogP contribution in [0.2, 0.25) is 0 Å². The normalized spacial score (nSPS) is 10.8. The van der Waals surface area contributed by atoms with Gasteiger partial charge in [0.25, 0.3) is 0 Å². The number of carbonyl (C=O) groups is 1. The van der Waals surface area contributed by atoms with Gasteiger partial charge in [-0.05, 0) is 24.3 Å². The number of halogens is 2. The zero-order valence-corrected chi connectivity index (χ0v) is 13.0. The van der Waals surface area contributed by atoms with E-state index in [1.165, 1.54) is 0 Å². The minimum atomic E-state index is 0.00521. The monoisotopic (exact) mass is 377 g/mol. The van der Waals surface area contributed by atoms with Crippen LogP contribution in [0, 0.1) is 0 Å². The highest BCUT2D eigenvalue weighted by Crippen LogP contribution is 2.27. The highest BCUT2D eigenvalue weighted by atomic mass is 79.9. The second-order valence-corrected chi connectivity index (χ2v) is 5.97. The van der Waals surface area contributed by atoms with E-state index in [2.05, 4.69) is 36.8 Å². The topological polar surface area (TPSA) is 32.9 Å². The molecule has 3 aromatic rings. The molecule has 0 aliphatic heterocycles. The molecule has 3 rings (SSSR count). The summed E-state index contributed by atoms with van der Waals surface area (Å²) in [6, 6.07) is 13.4. The fourth-order valence-corrected chi connectivity index (χ4v) is 2.86. The Hall–Kier alpha value is -1.39. The lowest BCUT2D eigenvalue weighted by Gasteiger charge is -2.03. The van der Waals surface area contributed by atoms with Crippen LogP contribution >= 0.6 is 31.9 Å². The highest BCUT2D eigenvalue weighted by Gasteiger charge is 2.16. The average molecular weight is 379 g/mol. The van der Waals surface area contributed by atoms with Gasteiger partial charge in [-0.1, -0.05) is 50.1 Å². The molecule has 0 atom stereocenters. The fourth-order valence-electron chi connectivity index (χ4n) is 2.08. The maximum absolute atomic E-state index is 12.6. The molecule has 0 spiro atoms. The number of rotatable bonds is 2. The van der Waals surface area contributed by atoms with Gasteiger partial charge in [0.15, 0.2) is 5.78 Å². The van der Waals surface area contributed by atoms with Crippen molar-refractivity contribution < 1.29 is 4.79 Å². The minimum Gasteiger partial charge on any atom is -0.360 e. The molecule has 0 aliphatic carbocycles. The summed E-state index contributed by atoms with van der Waals surface area (Å²) < 4.78 is 1.69. The molecule has 94 valence electrons. The second kappa shape index (κ2) is 4.94. The van der Waals surface area contributed by atoms with E-state index in [4.69, 9.17) is 0 Å². The highest BCUT2D eigenvalue weighted by molar-refractivity contribution is 9.11. The number of H-pyrrole nitrogens is 1. The van der Waals surface area contributed by atoms with Crippen LogP contribution in [-0.4, -0.2) is 10.8 Å². The van der Waals surface area contributed by atoms with E-state index in [0.29, 0.717) is 11.1 Å². The van der Waals surface area contributed by atoms with Gasteiger partial charge in [-0.2, -0.15) is 0 Å². The number of fused-ring (bicyclic) bond motifs is 1. The molecule has 0 bridgehead atoms. The van der Waals surface area contributed by atoms with Gasteiger partial charge in [0.1, 0.15) is 0 Å². The third kappa shape index (κ3) is 2.26. The number of hydrogen-bond acceptors (Lipinski definition) is 1. The summed E-state index contributed by atoms with van der Waals surface area (Å²) in [5.74, 6) is 0.00521. The van der Waals surface area contributed by atoms with E-state index in [-0.39, 0.29) is 5.78 Å². The summed E-state index contributed by atoms with van der Waals surface area (Å²) in [6.45, 7) is 0. The van der Waals surface area contributed by atoms with Gasteiger partial charge in [-0.25, -0.2) is 0 Å². The number of aromatic amines is 1. The Morgan fingerprint density at radius 3 is 2.63 bits per heavy atom. The minimum absolute atomic E-state index is 0.00521. The van der Waals surface area contributed by atoms with Crippen LogP contribution in [0.1, 0.15) is 15.9 Å². The first kappa shape index (κ1) is 12.6. The second-order valence-electron chi connectivity index (χ2n) is 4.20. The van der Waals surface area contributed by atoms with Gasteiger partial charge < -0.3 is 4.98 Å². The molecule has 0 unspecified atom stereocenters. The smallest absolute Gasteiger partial charge is 0.196 e. The number of para-hydroxylation sites is 1. The van der Waals surface area contributed by atoms with Gasteiger partial charge in [-0.15, -0.1) is 0 Å². The van der Waals surface area contributed by atoms with Gasteiger partial charge in [0.2, 0.25) is 0 Å². The average Bonchev–Trinajstić information content (AvgIpc) is 2.84. The lowest BCUT2D eigenvalue weighted by molar-refractivity contribution is 0.103. The Kier molecular flexibility index (Phi) is 3.29. The molecule has 4 heteroatoms. The number of hydrogen-bond donors (Lipinski definition) is 1. The van der Waals surface area contributed by atoms with Gasteiger partial charge in [-0.3, -0.25) is 4.79 Å². The lowest BCUT2D eigenvalue weighted by Crippen LogP contribution is -2.01. The third-order valence-electron chi connectivity index (χ3n) is 3.01. The molecule has 0 fully saturated rings. The van der Waals surface area contributed by atoms with Crippen molar-refractivity contribution in [2.45, 2.75) is 0 Å². The summed E-state index contributed by atoms with van der Waals surface area (Å²) in [4.78, 5) is 15.7. The van der Waals surface area contributed by atoms with E-state index in [1.807, 2.05) is 42.5 Å². The van der Waals surface area contributed by atoms with Crippen molar-refractivity contribution >= 4 is 48.5 Å². The molecule has 0 saturated carbocycles. The summed E-state index contributed by atoms with van der Waals surface area (Å²) in [6.07, 6.45) is 1.76. The van der Waals surface area contributed by atoms with Crippen molar-refractivity contribution in [2.75, 3.05) is 0 Å². The first-order valence-corrected chi connectivity index (χ1v) is 7.31. The summed E-state index contributed by atoms with van der Waals surface area (Å²) in [5.41, 5.74) is 2.31. The van der Waals surface area contributed by atoms with Gasteiger partial charge in [0.05, 0.1) is 0 Å². The van der Waals surface area contributed by atoms with E-state index in [1.54, 1.807) is 6.20 Å². The van der Waals surface area contributed by atoms with E-state index < -0.39 is 0 Å². The standard InChI is InChI=1S/C15H9Br2NO/c16-9-5-6-13(17)11(7-9)15(19)12-8-18-14-4-2-1-3-10(12)14/h1-8,18H. The Balaban J connectivity index is 2.16. The fraction of sp³-hybridized carbons (Fsp3) is 0. The quantitative estimate of drug-likeness (QED) is 0.630. The first-order chi connectivity index (χ1) is 9.16. The summed E-state index contributed by atoms with van der Waals surface area (Å²) in [7, 11) is 0. The van der Waals surface area contributed by atoms with Crippen molar-refractivity contribution in [1.29, 1.82) is 0 Å². The Morgan fingerprint density at radius 1 is 1.00 bits per heavy atom. The number of benzene rings is 2. The molecule has 1 aromatic heterocycles. The van der Waals surface area contributed by atoms with Crippen molar-refractivity contribution in [1.82, 2.24) is 4.98 Å². The van der Waals surface area contributed by atoms with Crippen LogP contribution in [0.4, 0.5) is 0 Å². The van der Waals surface area contributed by atoms with E-state index >= 15 is 0 Å². The molecular weight excluding hydrogens is 370 g/mol.